The lowest BCUT2D eigenvalue weighted by Crippen LogP contribution is -2.40. The zero-order chi connectivity index (χ0) is 22.2. The van der Waals surface area contributed by atoms with E-state index in [1.54, 1.807) is 17.3 Å². The molecule has 166 valence electrons. The first kappa shape index (κ1) is 26.1. The van der Waals surface area contributed by atoms with Gasteiger partial charge in [0.2, 0.25) is 0 Å². The fourth-order valence-corrected chi connectivity index (χ4v) is 5.74. The van der Waals surface area contributed by atoms with E-state index < -0.39 is 0 Å². The molecule has 1 aromatic carbocycles. The van der Waals surface area contributed by atoms with Crippen molar-refractivity contribution in [3.63, 3.8) is 0 Å². The van der Waals surface area contributed by atoms with Crippen molar-refractivity contribution in [2.75, 3.05) is 12.5 Å². The van der Waals surface area contributed by atoms with Crippen molar-refractivity contribution >= 4 is 11.8 Å². The molecule has 1 nitrogen and oxygen atoms in total. The Morgan fingerprint density at radius 3 is 2.28 bits per heavy atom. The molecule has 1 N–H and O–H groups in total. The Balaban J connectivity index is 0.000000463. The maximum atomic E-state index is 9.99. The Kier molecular flexibility index (Phi) is 10.9. The highest BCUT2D eigenvalue weighted by Crippen LogP contribution is 2.62. The molecule has 0 amide bonds. The standard InChI is InChI=1S/C20H26O.C3H8.C2H6S.C2H6/c1-12-4-8-18-17-6-5-14-13(2)19(21)9-7-15(14)16(17)10-11-20(12,18)3;2*1-3-2;1-2/h7,9,16-18,21H,1,4-6,8,10-11H2,2-3H3;3H2,1-2H3;1-2H3;1-2H3/t16-,17?,18+,20?;;;/m1.../s1. The minimum Gasteiger partial charge on any atom is -0.508 e. The average Bonchev–Trinajstić information content (AvgIpc) is 3.02. The molecule has 4 atom stereocenters. The summed E-state index contributed by atoms with van der Waals surface area (Å²) in [5, 5.41) is 9.99. The molecule has 4 rings (SSSR count). The van der Waals surface area contributed by atoms with Crippen LogP contribution in [0.3, 0.4) is 0 Å². The van der Waals surface area contributed by atoms with Crippen molar-refractivity contribution in [3.05, 3.63) is 41.0 Å². The fourth-order valence-electron chi connectivity index (χ4n) is 5.74. The number of phenolic OH excluding ortho intramolecular Hbond substituents is 1. The highest BCUT2D eigenvalue weighted by Gasteiger charge is 2.51. The van der Waals surface area contributed by atoms with E-state index in [-0.39, 0.29) is 0 Å². The van der Waals surface area contributed by atoms with Gasteiger partial charge >= 0.3 is 0 Å². The van der Waals surface area contributed by atoms with Crippen molar-refractivity contribution in [2.24, 2.45) is 17.3 Å². The summed E-state index contributed by atoms with van der Waals surface area (Å²) in [5.74, 6) is 2.87. The maximum absolute atomic E-state index is 9.99. The molecule has 0 aromatic heterocycles. The second-order valence-corrected chi connectivity index (χ2v) is 9.72. The molecule has 2 saturated carbocycles. The molecule has 0 spiro atoms. The second-order valence-electron chi connectivity index (χ2n) is 8.91. The van der Waals surface area contributed by atoms with Crippen LogP contribution in [0.25, 0.3) is 0 Å². The van der Waals surface area contributed by atoms with Crippen LogP contribution in [0.15, 0.2) is 24.3 Å². The van der Waals surface area contributed by atoms with Gasteiger partial charge in [0.15, 0.2) is 0 Å². The normalized spacial score (nSPS) is 28.8. The molecule has 2 fully saturated rings. The van der Waals surface area contributed by atoms with Crippen molar-refractivity contribution < 1.29 is 5.11 Å². The van der Waals surface area contributed by atoms with E-state index in [1.807, 2.05) is 32.4 Å². The Bertz CT molecular complexity index is 648. The summed E-state index contributed by atoms with van der Waals surface area (Å²) >= 11 is 1.75. The molecule has 0 bridgehead atoms. The second kappa shape index (κ2) is 12.1. The summed E-state index contributed by atoms with van der Waals surface area (Å²) < 4.78 is 0. The predicted molar refractivity (Wildman–Crippen MR) is 133 cm³/mol. The number of benzene rings is 1. The van der Waals surface area contributed by atoms with Gasteiger partial charge in [0.25, 0.3) is 0 Å². The molecule has 29 heavy (non-hydrogen) atoms. The zero-order valence-corrected chi connectivity index (χ0v) is 21.2. The van der Waals surface area contributed by atoms with Crippen LogP contribution in [0.1, 0.15) is 95.8 Å². The van der Waals surface area contributed by atoms with E-state index in [2.05, 4.69) is 40.3 Å². The molecule has 1 aromatic rings. The van der Waals surface area contributed by atoms with Crippen molar-refractivity contribution in [1.29, 1.82) is 0 Å². The van der Waals surface area contributed by atoms with E-state index in [0.717, 1.165) is 29.7 Å². The van der Waals surface area contributed by atoms with Gasteiger partial charge in [0.05, 0.1) is 0 Å². The van der Waals surface area contributed by atoms with Gasteiger partial charge in [-0.15, -0.1) is 0 Å². The van der Waals surface area contributed by atoms with Crippen LogP contribution in [0.4, 0.5) is 0 Å². The Morgan fingerprint density at radius 1 is 1.10 bits per heavy atom. The fraction of sp³-hybridized carbons (Fsp3) is 0.704. The number of allylic oxidation sites excluding steroid dienone is 1. The van der Waals surface area contributed by atoms with Gasteiger partial charge in [-0.3, -0.25) is 0 Å². The maximum Gasteiger partial charge on any atom is 0.118 e. The predicted octanol–water partition coefficient (Wildman–Crippen LogP) is 8.53. The first-order valence-electron chi connectivity index (χ1n) is 11.7. The molecule has 3 aliphatic carbocycles. The topological polar surface area (TPSA) is 20.2 Å². The third-order valence-electron chi connectivity index (χ3n) is 7.12. The van der Waals surface area contributed by atoms with Gasteiger partial charge in [-0.25, -0.2) is 0 Å². The van der Waals surface area contributed by atoms with Crippen LogP contribution < -0.4 is 0 Å². The van der Waals surface area contributed by atoms with E-state index in [0.29, 0.717) is 11.2 Å². The molecular formula is C27H46OS. The Morgan fingerprint density at radius 2 is 1.69 bits per heavy atom. The number of hydrogen-bond acceptors (Lipinski definition) is 2. The molecule has 3 aliphatic rings. The number of thioether (sulfide) groups is 1. The molecule has 2 heteroatoms. The lowest BCUT2D eigenvalue weighted by molar-refractivity contribution is 0.0815. The van der Waals surface area contributed by atoms with E-state index in [4.69, 9.17) is 0 Å². The summed E-state index contributed by atoms with van der Waals surface area (Å²) in [6.07, 6.45) is 13.0. The van der Waals surface area contributed by atoms with Crippen molar-refractivity contribution in [2.45, 2.75) is 92.4 Å². The average molecular weight is 419 g/mol. The van der Waals surface area contributed by atoms with Gasteiger partial charge in [0.1, 0.15) is 5.75 Å². The van der Waals surface area contributed by atoms with Gasteiger partial charge < -0.3 is 5.11 Å². The zero-order valence-electron chi connectivity index (χ0n) is 20.4. The van der Waals surface area contributed by atoms with Gasteiger partial charge in [-0.2, -0.15) is 11.8 Å². The summed E-state index contributed by atoms with van der Waals surface area (Å²) in [4.78, 5) is 0. The smallest absolute Gasteiger partial charge is 0.118 e. The summed E-state index contributed by atoms with van der Waals surface area (Å²) in [5.41, 5.74) is 6.02. The first-order valence-corrected chi connectivity index (χ1v) is 13.4. The SMILES string of the molecule is C=C1CC[C@H]2C3CCc4c(ccc(O)c4C)[C@H]3CCC12C.CC.CCC.CSC. The quantitative estimate of drug-likeness (QED) is 0.426. The first-order chi connectivity index (χ1) is 13.8. The van der Waals surface area contributed by atoms with Gasteiger partial charge in [0, 0.05) is 0 Å². The van der Waals surface area contributed by atoms with E-state index in [9.17, 15) is 5.11 Å². The van der Waals surface area contributed by atoms with Crippen LogP contribution in [-0.2, 0) is 6.42 Å². The highest BCUT2D eigenvalue weighted by atomic mass is 32.2. The largest absolute Gasteiger partial charge is 0.508 e. The third-order valence-corrected chi connectivity index (χ3v) is 7.12. The summed E-state index contributed by atoms with van der Waals surface area (Å²) in [7, 11) is 0. The number of fused-ring (bicyclic) bond motifs is 5. The number of hydrogen-bond donors (Lipinski definition) is 1. The summed E-state index contributed by atoms with van der Waals surface area (Å²) in [6.45, 7) is 17.2. The highest BCUT2D eigenvalue weighted by molar-refractivity contribution is 7.97. The van der Waals surface area contributed by atoms with Crippen molar-refractivity contribution in [3.8, 4) is 5.75 Å². The van der Waals surface area contributed by atoms with Gasteiger partial charge in [-0.1, -0.05) is 59.3 Å². The third kappa shape index (κ3) is 5.43. The molecule has 0 saturated heterocycles. The van der Waals surface area contributed by atoms with E-state index in [1.165, 1.54) is 49.7 Å². The van der Waals surface area contributed by atoms with E-state index >= 15 is 0 Å². The molecular weight excluding hydrogens is 372 g/mol. The molecule has 0 radical (unpaired) electrons. The minimum atomic E-state index is 0.407. The van der Waals surface area contributed by atoms with Crippen LogP contribution >= 0.6 is 11.8 Å². The lowest BCUT2D eigenvalue weighted by Gasteiger charge is -2.49. The van der Waals surface area contributed by atoms with Crippen LogP contribution in [0.2, 0.25) is 0 Å². The van der Waals surface area contributed by atoms with Crippen molar-refractivity contribution in [1.82, 2.24) is 0 Å². The molecule has 2 unspecified atom stereocenters. The van der Waals surface area contributed by atoms with Crippen LogP contribution in [-0.4, -0.2) is 17.6 Å². The number of rotatable bonds is 0. The van der Waals surface area contributed by atoms with Crippen LogP contribution in [0, 0.1) is 24.2 Å². The number of aromatic hydroxyl groups is 1. The lowest BCUT2D eigenvalue weighted by atomic mass is 9.55. The van der Waals surface area contributed by atoms with Crippen LogP contribution in [0.5, 0.6) is 5.75 Å². The Hall–Kier alpha value is -0.890. The molecule has 0 aliphatic heterocycles. The minimum absolute atomic E-state index is 0.407. The number of phenols is 1. The summed E-state index contributed by atoms with van der Waals surface area (Å²) in [6, 6.07) is 4.12. The monoisotopic (exact) mass is 418 g/mol. The molecule has 0 heterocycles. The van der Waals surface area contributed by atoms with Gasteiger partial charge in [-0.05, 0) is 104 Å². The Labute approximate surface area is 185 Å².